The van der Waals surface area contributed by atoms with E-state index < -0.39 is 6.10 Å². The minimum Gasteiger partial charge on any atom is -0.391 e. The molecule has 0 unspecified atom stereocenters. The number of nitriles is 1. The zero-order valence-electron chi connectivity index (χ0n) is 12.2. The van der Waals surface area contributed by atoms with Crippen molar-refractivity contribution in [3.63, 3.8) is 0 Å². The highest BCUT2D eigenvalue weighted by Crippen LogP contribution is 2.33. The fourth-order valence-electron chi connectivity index (χ4n) is 2.80. The quantitative estimate of drug-likeness (QED) is 0.920. The van der Waals surface area contributed by atoms with Crippen molar-refractivity contribution in [3.8, 4) is 6.07 Å². The molecule has 2 aromatic rings. The Kier molecular flexibility index (Phi) is 4.04. The molecule has 1 amide bonds. The van der Waals surface area contributed by atoms with E-state index in [0.717, 1.165) is 5.56 Å². The molecule has 0 saturated carbocycles. The third-order valence-electron chi connectivity index (χ3n) is 3.90. The summed E-state index contributed by atoms with van der Waals surface area (Å²) in [5, 5.41) is 18.9. The highest BCUT2D eigenvalue weighted by Gasteiger charge is 2.36. The lowest BCUT2D eigenvalue weighted by Gasteiger charge is -2.24. The third-order valence-corrected chi connectivity index (χ3v) is 3.90. The number of pyridine rings is 1. The molecule has 23 heavy (non-hydrogen) atoms. The molecule has 3 rings (SSSR count). The fraction of sp³-hybridized carbons (Fsp3) is 0.235. The summed E-state index contributed by atoms with van der Waals surface area (Å²) in [5.74, 6) is -0.707. The first-order chi connectivity index (χ1) is 11.1. The van der Waals surface area contributed by atoms with Crippen molar-refractivity contribution in [1.82, 2.24) is 9.88 Å². The van der Waals surface area contributed by atoms with Crippen LogP contribution in [0.1, 0.15) is 34.1 Å². The van der Waals surface area contributed by atoms with Crippen molar-refractivity contribution in [2.24, 2.45) is 0 Å². The molecule has 1 aromatic heterocycles. The van der Waals surface area contributed by atoms with Crippen LogP contribution in [0.3, 0.4) is 0 Å². The Labute approximate surface area is 132 Å². The number of likely N-dealkylation sites (tertiary alicyclic amines) is 1. The maximum Gasteiger partial charge on any atom is 0.273 e. The standard InChI is InChI=1S/C17H14FN3O2/c18-13-3-1-12(2-4-13)16-8-14(22)10-21(16)17(23)15-7-11(9-19)5-6-20-15/h1-7,14,16,22H,8,10H2/t14-,16+/m1/s1. The summed E-state index contributed by atoms with van der Waals surface area (Å²) >= 11 is 0. The molecular formula is C17H14FN3O2. The number of aliphatic hydroxyl groups is 1. The number of halogens is 1. The Morgan fingerprint density at radius 3 is 2.78 bits per heavy atom. The molecule has 2 atom stereocenters. The van der Waals surface area contributed by atoms with Crippen molar-refractivity contribution in [1.29, 1.82) is 5.26 Å². The monoisotopic (exact) mass is 311 g/mol. The maximum absolute atomic E-state index is 13.1. The summed E-state index contributed by atoms with van der Waals surface area (Å²) in [5.41, 5.74) is 1.26. The molecule has 0 radical (unpaired) electrons. The SMILES string of the molecule is N#Cc1ccnc(C(=O)N2C[C@H](O)C[C@H]2c2ccc(F)cc2)c1. The zero-order chi connectivity index (χ0) is 16.4. The van der Waals surface area contributed by atoms with Gasteiger partial charge in [-0.1, -0.05) is 12.1 Å². The molecule has 1 N–H and O–H groups in total. The molecule has 1 aliphatic rings. The first-order valence-corrected chi connectivity index (χ1v) is 7.19. The van der Waals surface area contributed by atoms with Gasteiger partial charge in [-0.25, -0.2) is 4.39 Å². The number of rotatable bonds is 2. The van der Waals surface area contributed by atoms with E-state index in [9.17, 15) is 14.3 Å². The highest BCUT2D eigenvalue weighted by atomic mass is 19.1. The van der Waals surface area contributed by atoms with Crippen molar-refractivity contribution < 1.29 is 14.3 Å². The second-order valence-corrected chi connectivity index (χ2v) is 5.46. The van der Waals surface area contributed by atoms with Gasteiger partial charge in [0.15, 0.2) is 0 Å². The van der Waals surface area contributed by atoms with Gasteiger partial charge in [-0.3, -0.25) is 9.78 Å². The Balaban J connectivity index is 1.91. The van der Waals surface area contributed by atoms with Crippen LogP contribution in [0.4, 0.5) is 4.39 Å². The summed E-state index contributed by atoms with van der Waals surface area (Å²) in [7, 11) is 0. The summed E-state index contributed by atoms with van der Waals surface area (Å²) in [6, 6.07) is 10.5. The van der Waals surface area contributed by atoms with E-state index in [1.165, 1.54) is 35.4 Å². The maximum atomic E-state index is 13.1. The number of hydrogen-bond donors (Lipinski definition) is 1. The predicted molar refractivity (Wildman–Crippen MR) is 79.8 cm³/mol. The number of aliphatic hydroxyl groups excluding tert-OH is 1. The number of carbonyl (C=O) groups is 1. The normalized spacial score (nSPS) is 20.3. The Morgan fingerprint density at radius 2 is 2.09 bits per heavy atom. The highest BCUT2D eigenvalue weighted by molar-refractivity contribution is 5.93. The lowest BCUT2D eigenvalue weighted by molar-refractivity contribution is 0.0710. The number of β-amino-alcohol motifs (C(OH)–C–C–N with tert-alkyl or cyclic N) is 1. The lowest BCUT2D eigenvalue weighted by Crippen LogP contribution is -2.32. The van der Waals surface area contributed by atoms with Crippen LogP contribution < -0.4 is 0 Å². The van der Waals surface area contributed by atoms with Crippen molar-refractivity contribution in [3.05, 3.63) is 65.2 Å². The zero-order valence-corrected chi connectivity index (χ0v) is 12.2. The number of carbonyl (C=O) groups excluding carboxylic acids is 1. The van der Waals surface area contributed by atoms with E-state index in [0.29, 0.717) is 12.0 Å². The summed E-state index contributed by atoms with van der Waals surface area (Å²) in [6.45, 7) is 0.180. The van der Waals surface area contributed by atoms with Crippen LogP contribution >= 0.6 is 0 Å². The topological polar surface area (TPSA) is 77.2 Å². The van der Waals surface area contributed by atoms with Gasteiger partial charge < -0.3 is 10.0 Å². The van der Waals surface area contributed by atoms with E-state index in [-0.39, 0.29) is 30.0 Å². The predicted octanol–water partition coefficient (Wildman–Crippen LogP) is 2.04. The van der Waals surface area contributed by atoms with Crippen LogP contribution in [0.2, 0.25) is 0 Å². The molecule has 0 spiro atoms. The Morgan fingerprint density at radius 1 is 1.35 bits per heavy atom. The molecule has 0 bridgehead atoms. The molecule has 0 aliphatic carbocycles. The molecular weight excluding hydrogens is 297 g/mol. The number of amides is 1. The minimum atomic E-state index is -0.645. The molecule has 1 aromatic carbocycles. The smallest absolute Gasteiger partial charge is 0.273 e. The molecule has 1 aliphatic heterocycles. The van der Waals surface area contributed by atoms with Crippen LogP contribution in [0.25, 0.3) is 0 Å². The van der Waals surface area contributed by atoms with E-state index >= 15 is 0 Å². The molecule has 116 valence electrons. The molecule has 1 fully saturated rings. The van der Waals surface area contributed by atoms with Crippen molar-refractivity contribution in [2.45, 2.75) is 18.6 Å². The number of benzene rings is 1. The van der Waals surface area contributed by atoms with Crippen LogP contribution in [0, 0.1) is 17.1 Å². The average molecular weight is 311 g/mol. The van der Waals surface area contributed by atoms with Gasteiger partial charge in [-0.2, -0.15) is 5.26 Å². The van der Waals surface area contributed by atoms with Crippen molar-refractivity contribution in [2.75, 3.05) is 6.54 Å². The first kappa shape index (κ1) is 15.1. The fourth-order valence-corrected chi connectivity index (χ4v) is 2.80. The summed E-state index contributed by atoms with van der Waals surface area (Å²) < 4.78 is 13.1. The van der Waals surface area contributed by atoms with E-state index in [2.05, 4.69) is 4.98 Å². The van der Waals surface area contributed by atoms with Crippen LogP contribution in [-0.2, 0) is 0 Å². The third kappa shape index (κ3) is 3.05. The van der Waals surface area contributed by atoms with Crippen LogP contribution in [0.15, 0.2) is 42.6 Å². The Bertz CT molecular complexity index is 770. The first-order valence-electron chi connectivity index (χ1n) is 7.19. The van der Waals surface area contributed by atoms with Gasteiger partial charge in [0.2, 0.25) is 0 Å². The molecule has 5 nitrogen and oxygen atoms in total. The van der Waals surface area contributed by atoms with Gasteiger partial charge in [-0.05, 0) is 36.2 Å². The second-order valence-electron chi connectivity index (χ2n) is 5.46. The molecule has 2 heterocycles. The van der Waals surface area contributed by atoms with Crippen molar-refractivity contribution >= 4 is 5.91 Å². The van der Waals surface area contributed by atoms with Crippen LogP contribution in [-0.4, -0.2) is 33.5 Å². The molecule has 1 saturated heterocycles. The summed E-state index contributed by atoms with van der Waals surface area (Å²) in [4.78, 5) is 18.2. The van der Waals surface area contributed by atoms with Gasteiger partial charge in [0.25, 0.3) is 5.91 Å². The van der Waals surface area contributed by atoms with Gasteiger partial charge in [0.05, 0.1) is 23.8 Å². The van der Waals surface area contributed by atoms with Gasteiger partial charge in [0.1, 0.15) is 11.5 Å². The van der Waals surface area contributed by atoms with Crippen LogP contribution in [0.5, 0.6) is 0 Å². The largest absolute Gasteiger partial charge is 0.391 e. The number of nitrogens with zero attached hydrogens (tertiary/aromatic N) is 3. The van der Waals surface area contributed by atoms with Gasteiger partial charge >= 0.3 is 0 Å². The van der Waals surface area contributed by atoms with E-state index in [1.54, 1.807) is 12.1 Å². The van der Waals surface area contributed by atoms with Gasteiger partial charge in [-0.15, -0.1) is 0 Å². The molecule has 6 heteroatoms. The Hall–Kier alpha value is -2.78. The summed E-state index contributed by atoms with van der Waals surface area (Å²) in [6.07, 6.45) is 1.15. The van der Waals surface area contributed by atoms with Gasteiger partial charge in [0, 0.05) is 12.7 Å². The number of hydrogen-bond acceptors (Lipinski definition) is 4. The van der Waals surface area contributed by atoms with E-state index in [1.807, 2.05) is 6.07 Å². The average Bonchev–Trinajstić information content (AvgIpc) is 2.96. The second kappa shape index (κ2) is 6.15. The lowest BCUT2D eigenvalue weighted by atomic mass is 10.0. The minimum absolute atomic E-state index is 0.158. The van der Waals surface area contributed by atoms with E-state index in [4.69, 9.17) is 5.26 Å². The number of aromatic nitrogens is 1.